The van der Waals surface area contributed by atoms with Gasteiger partial charge in [0.25, 0.3) is 0 Å². The molecule has 0 bridgehead atoms. The Balaban J connectivity index is 1.72. The highest BCUT2D eigenvalue weighted by atomic mass is 16.5. The molecule has 1 aliphatic carbocycles. The molecule has 0 amide bonds. The van der Waals surface area contributed by atoms with Crippen LogP contribution in [0.2, 0.25) is 0 Å². The molecular formula is C12H22N2O. The van der Waals surface area contributed by atoms with Crippen LogP contribution >= 0.6 is 0 Å². The predicted octanol–water partition coefficient (Wildman–Crippen LogP) is 0.836. The van der Waals surface area contributed by atoms with E-state index >= 15 is 0 Å². The zero-order valence-electron chi connectivity index (χ0n) is 9.45. The van der Waals surface area contributed by atoms with Crippen molar-refractivity contribution in [1.82, 2.24) is 4.90 Å². The molecular weight excluding hydrogens is 188 g/mol. The van der Waals surface area contributed by atoms with Crippen LogP contribution in [0.1, 0.15) is 25.7 Å². The molecule has 0 aromatic carbocycles. The quantitative estimate of drug-likeness (QED) is 0.734. The summed E-state index contributed by atoms with van der Waals surface area (Å²) in [5.41, 5.74) is 6.18. The molecule has 2 heterocycles. The molecule has 2 N–H and O–H groups in total. The maximum absolute atomic E-state index is 5.98. The van der Waals surface area contributed by atoms with Crippen molar-refractivity contribution in [3.05, 3.63) is 0 Å². The third-order valence-corrected chi connectivity index (χ3v) is 4.86. The number of fused-ring (bicyclic) bond motifs is 1. The first-order valence-corrected chi connectivity index (χ1v) is 6.37. The van der Waals surface area contributed by atoms with Gasteiger partial charge in [-0.1, -0.05) is 6.42 Å². The van der Waals surface area contributed by atoms with Crippen molar-refractivity contribution in [1.29, 1.82) is 0 Å². The molecule has 1 saturated carbocycles. The first-order chi connectivity index (χ1) is 7.34. The van der Waals surface area contributed by atoms with E-state index in [2.05, 4.69) is 4.90 Å². The number of hydrogen-bond acceptors (Lipinski definition) is 3. The molecule has 0 aromatic heterocycles. The summed E-state index contributed by atoms with van der Waals surface area (Å²) in [5.74, 6) is 1.93. The Bertz CT molecular complexity index is 226. The van der Waals surface area contributed by atoms with Crippen molar-refractivity contribution in [3.63, 3.8) is 0 Å². The topological polar surface area (TPSA) is 38.5 Å². The molecule has 3 aliphatic rings. The van der Waals surface area contributed by atoms with Gasteiger partial charge in [-0.25, -0.2) is 0 Å². The van der Waals surface area contributed by atoms with Crippen LogP contribution in [0.4, 0.5) is 0 Å². The lowest BCUT2D eigenvalue weighted by molar-refractivity contribution is 0.0854. The normalized spacial score (nSPS) is 46.2. The molecule has 3 fully saturated rings. The van der Waals surface area contributed by atoms with E-state index in [-0.39, 0.29) is 5.54 Å². The lowest BCUT2D eigenvalue weighted by atomic mass is 9.96. The number of likely N-dealkylation sites (tertiary alicyclic amines) is 1. The van der Waals surface area contributed by atoms with Gasteiger partial charge in [0.1, 0.15) is 0 Å². The molecule has 0 spiro atoms. The van der Waals surface area contributed by atoms with Gasteiger partial charge in [-0.05, 0) is 31.1 Å². The zero-order chi connectivity index (χ0) is 10.3. The Kier molecular flexibility index (Phi) is 2.49. The Morgan fingerprint density at radius 1 is 1.27 bits per heavy atom. The van der Waals surface area contributed by atoms with Gasteiger partial charge < -0.3 is 10.5 Å². The number of nitrogens with two attached hydrogens (primary N) is 1. The SMILES string of the molecule is NCC1(N2CC3CCCC3C2)CCOC1. The minimum atomic E-state index is 0.199. The smallest absolute Gasteiger partial charge is 0.0663 e. The van der Waals surface area contributed by atoms with E-state index in [1.165, 1.54) is 32.4 Å². The second-order valence-corrected chi connectivity index (χ2v) is 5.59. The molecule has 15 heavy (non-hydrogen) atoms. The number of ether oxygens (including phenoxy) is 1. The standard InChI is InChI=1S/C12H22N2O/c13-8-12(4-5-15-9-12)14-6-10-2-1-3-11(10)7-14/h10-11H,1-9,13H2. The van der Waals surface area contributed by atoms with Crippen LogP contribution < -0.4 is 5.73 Å². The van der Waals surface area contributed by atoms with Crippen molar-refractivity contribution in [2.24, 2.45) is 17.6 Å². The Morgan fingerprint density at radius 3 is 2.53 bits per heavy atom. The van der Waals surface area contributed by atoms with E-state index in [1.54, 1.807) is 0 Å². The summed E-state index contributed by atoms with van der Waals surface area (Å²) >= 11 is 0. The lowest BCUT2D eigenvalue weighted by Crippen LogP contribution is -2.53. The fourth-order valence-electron chi connectivity index (χ4n) is 3.76. The summed E-state index contributed by atoms with van der Waals surface area (Å²) in [6.07, 6.45) is 5.49. The number of nitrogens with zero attached hydrogens (tertiary/aromatic N) is 1. The highest BCUT2D eigenvalue weighted by Gasteiger charge is 2.46. The number of hydrogen-bond donors (Lipinski definition) is 1. The van der Waals surface area contributed by atoms with Crippen molar-refractivity contribution in [3.8, 4) is 0 Å². The molecule has 3 heteroatoms. The number of rotatable bonds is 2. The van der Waals surface area contributed by atoms with Gasteiger partial charge in [-0.15, -0.1) is 0 Å². The van der Waals surface area contributed by atoms with Crippen LogP contribution in [0.3, 0.4) is 0 Å². The summed E-state index contributed by atoms with van der Waals surface area (Å²) in [5, 5.41) is 0. The molecule has 3 rings (SSSR count). The van der Waals surface area contributed by atoms with Gasteiger partial charge in [0.15, 0.2) is 0 Å². The van der Waals surface area contributed by atoms with E-state index in [4.69, 9.17) is 10.5 Å². The first kappa shape index (κ1) is 10.1. The minimum absolute atomic E-state index is 0.199. The monoisotopic (exact) mass is 210 g/mol. The maximum Gasteiger partial charge on any atom is 0.0663 e. The van der Waals surface area contributed by atoms with Crippen molar-refractivity contribution >= 4 is 0 Å². The summed E-state index contributed by atoms with van der Waals surface area (Å²) in [6.45, 7) is 5.11. The first-order valence-electron chi connectivity index (χ1n) is 6.37. The van der Waals surface area contributed by atoms with E-state index in [1.807, 2.05) is 0 Å². The van der Waals surface area contributed by atoms with E-state index in [0.29, 0.717) is 0 Å². The fourth-order valence-corrected chi connectivity index (χ4v) is 3.76. The highest BCUT2D eigenvalue weighted by Crippen LogP contribution is 2.41. The van der Waals surface area contributed by atoms with Gasteiger partial charge in [-0.3, -0.25) is 4.90 Å². The van der Waals surface area contributed by atoms with Gasteiger partial charge >= 0.3 is 0 Å². The summed E-state index contributed by atoms with van der Waals surface area (Å²) in [4.78, 5) is 2.65. The van der Waals surface area contributed by atoms with Gasteiger partial charge in [-0.2, -0.15) is 0 Å². The fraction of sp³-hybridized carbons (Fsp3) is 1.00. The third-order valence-electron chi connectivity index (χ3n) is 4.86. The van der Waals surface area contributed by atoms with E-state index in [0.717, 1.165) is 38.0 Å². The Hall–Kier alpha value is -0.120. The van der Waals surface area contributed by atoms with Gasteiger partial charge in [0.05, 0.1) is 12.1 Å². The molecule has 0 radical (unpaired) electrons. The van der Waals surface area contributed by atoms with Crippen LogP contribution in [0.15, 0.2) is 0 Å². The van der Waals surface area contributed by atoms with Crippen LogP contribution in [0.25, 0.3) is 0 Å². The summed E-state index contributed by atoms with van der Waals surface area (Å²) in [7, 11) is 0. The molecule has 3 nitrogen and oxygen atoms in total. The van der Waals surface area contributed by atoms with Crippen molar-refractivity contribution in [2.45, 2.75) is 31.2 Å². The van der Waals surface area contributed by atoms with Crippen LogP contribution in [0, 0.1) is 11.8 Å². The molecule has 2 aliphatic heterocycles. The van der Waals surface area contributed by atoms with E-state index in [9.17, 15) is 0 Å². The second-order valence-electron chi connectivity index (χ2n) is 5.59. The highest BCUT2D eigenvalue weighted by molar-refractivity contribution is 5.01. The van der Waals surface area contributed by atoms with Crippen molar-refractivity contribution in [2.75, 3.05) is 32.8 Å². The summed E-state index contributed by atoms with van der Waals surface area (Å²) in [6, 6.07) is 0. The molecule has 3 unspecified atom stereocenters. The predicted molar refractivity (Wildman–Crippen MR) is 59.6 cm³/mol. The second kappa shape index (κ2) is 3.72. The molecule has 0 aromatic rings. The molecule has 3 atom stereocenters. The van der Waals surface area contributed by atoms with Gasteiger partial charge in [0.2, 0.25) is 0 Å². The molecule has 2 saturated heterocycles. The summed E-state index contributed by atoms with van der Waals surface area (Å²) < 4.78 is 5.56. The zero-order valence-corrected chi connectivity index (χ0v) is 9.45. The lowest BCUT2D eigenvalue weighted by Gasteiger charge is -2.37. The Labute approximate surface area is 91.9 Å². The van der Waals surface area contributed by atoms with Crippen LogP contribution in [0.5, 0.6) is 0 Å². The third kappa shape index (κ3) is 1.52. The van der Waals surface area contributed by atoms with Gasteiger partial charge in [0, 0.05) is 26.2 Å². The Morgan fingerprint density at radius 2 is 2.00 bits per heavy atom. The molecule has 86 valence electrons. The van der Waals surface area contributed by atoms with E-state index < -0.39 is 0 Å². The average molecular weight is 210 g/mol. The minimum Gasteiger partial charge on any atom is -0.379 e. The largest absolute Gasteiger partial charge is 0.379 e. The van der Waals surface area contributed by atoms with Crippen LogP contribution in [-0.2, 0) is 4.74 Å². The van der Waals surface area contributed by atoms with Crippen LogP contribution in [-0.4, -0.2) is 43.3 Å². The van der Waals surface area contributed by atoms with Crippen molar-refractivity contribution < 1.29 is 4.74 Å². The maximum atomic E-state index is 5.98. The average Bonchev–Trinajstić information content (AvgIpc) is 2.92.